The number of amides is 1. The highest BCUT2D eigenvalue weighted by Crippen LogP contribution is 2.25. The predicted octanol–water partition coefficient (Wildman–Crippen LogP) is 4.08. The minimum Gasteiger partial charge on any atom is -0.497 e. The van der Waals surface area contributed by atoms with E-state index in [1.807, 2.05) is 30.5 Å². The molecule has 120 valence electrons. The van der Waals surface area contributed by atoms with Crippen LogP contribution in [0.2, 0.25) is 0 Å². The standard InChI is InChI=1S/C18H19NO3S/c1-21-15-10-14(11-16(12-15)22-2)19-18(20)9-6-13-4-7-17(23-3)8-5-13/h4-12H,1-3H3,(H,19,20)/b9-6+. The Bertz CT molecular complexity index is 674. The third-order valence-electron chi connectivity index (χ3n) is 3.16. The van der Waals surface area contributed by atoms with E-state index < -0.39 is 0 Å². The molecule has 0 aliphatic carbocycles. The Balaban J connectivity index is 2.04. The molecular formula is C18H19NO3S. The van der Waals surface area contributed by atoms with Crippen molar-refractivity contribution in [2.75, 3.05) is 25.8 Å². The molecular weight excluding hydrogens is 310 g/mol. The van der Waals surface area contributed by atoms with E-state index in [-0.39, 0.29) is 5.91 Å². The zero-order valence-corrected chi connectivity index (χ0v) is 14.1. The first-order chi connectivity index (χ1) is 11.1. The van der Waals surface area contributed by atoms with Gasteiger partial charge in [0.05, 0.1) is 14.2 Å². The van der Waals surface area contributed by atoms with Gasteiger partial charge in [0.15, 0.2) is 0 Å². The monoisotopic (exact) mass is 329 g/mol. The van der Waals surface area contributed by atoms with Gasteiger partial charge < -0.3 is 14.8 Å². The Morgan fingerprint density at radius 2 is 1.65 bits per heavy atom. The first-order valence-electron chi connectivity index (χ1n) is 7.01. The molecule has 0 bridgehead atoms. The van der Waals surface area contributed by atoms with Gasteiger partial charge in [0, 0.05) is 34.9 Å². The Hall–Kier alpha value is -2.40. The van der Waals surface area contributed by atoms with Gasteiger partial charge >= 0.3 is 0 Å². The highest BCUT2D eigenvalue weighted by Gasteiger charge is 2.04. The van der Waals surface area contributed by atoms with Crippen LogP contribution < -0.4 is 14.8 Å². The van der Waals surface area contributed by atoms with Gasteiger partial charge in [-0.3, -0.25) is 4.79 Å². The maximum Gasteiger partial charge on any atom is 0.248 e. The molecule has 0 radical (unpaired) electrons. The van der Waals surface area contributed by atoms with Crippen molar-refractivity contribution < 1.29 is 14.3 Å². The van der Waals surface area contributed by atoms with Crippen molar-refractivity contribution >= 4 is 29.4 Å². The number of benzene rings is 2. The number of hydrogen-bond acceptors (Lipinski definition) is 4. The quantitative estimate of drug-likeness (QED) is 0.641. The van der Waals surface area contributed by atoms with Crippen molar-refractivity contribution in [3.8, 4) is 11.5 Å². The number of methoxy groups -OCH3 is 2. The topological polar surface area (TPSA) is 47.6 Å². The summed E-state index contributed by atoms with van der Waals surface area (Å²) < 4.78 is 10.4. The van der Waals surface area contributed by atoms with E-state index in [9.17, 15) is 4.79 Å². The Labute approximate surface area is 140 Å². The maximum absolute atomic E-state index is 12.0. The van der Waals surface area contributed by atoms with E-state index >= 15 is 0 Å². The minimum atomic E-state index is -0.214. The van der Waals surface area contributed by atoms with Crippen LogP contribution in [0.15, 0.2) is 53.4 Å². The van der Waals surface area contributed by atoms with Gasteiger partial charge in [-0.1, -0.05) is 12.1 Å². The summed E-state index contributed by atoms with van der Waals surface area (Å²) in [5.74, 6) is 1.03. The van der Waals surface area contributed by atoms with Crippen molar-refractivity contribution in [3.05, 3.63) is 54.1 Å². The fourth-order valence-corrected chi connectivity index (χ4v) is 2.36. The number of anilines is 1. The normalized spacial score (nSPS) is 10.6. The van der Waals surface area contributed by atoms with Crippen molar-refractivity contribution in [1.82, 2.24) is 0 Å². The molecule has 0 aromatic heterocycles. The molecule has 5 heteroatoms. The Morgan fingerprint density at radius 3 is 2.17 bits per heavy atom. The van der Waals surface area contributed by atoms with Crippen molar-refractivity contribution in [1.29, 1.82) is 0 Å². The minimum absolute atomic E-state index is 0.214. The summed E-state index contributed by atoms with van der Waals surface area (Å²) in [6, 6.07) is 13.2. The lowest BCUT2D eigenvalue weighted by Crippen LogP contribution is -2.08. The second kappa shape index (κ2) is 8.29. The predicted molar refractivity (Wildman–Crippen MR) is 95.4 cm³/mol. The van der Waals surface area contributed by atoms with Crippen LogP contribution in [0.4, 0.5) is 5.69 Å². The third kappa shape index (κ3) is 5.07. The fraction of sp³-hybridized carbons (Fsp3) is 0.167. The summed E-state index contributed by atoms with van der Waals surface area (Å²) in [6.07, 6.45) is 5.30. The largest absolute Gasteiger partial charge is 0.497 e. The number of thioether (sulfide) groups is 1. The molecule has 0 heterocycles. The van der Waals surface area contributed by atoms with Crippen molar-refractivity contribution in [2.24, 2.45) is 0 Å². The SMILES string of the molecule is COc1cc(NC(=O)/C=C/c2ccc(SC)cc2)cc(OC)c1. The van der Waals surface area contributed by atoms with Gasteiger partial charge in [0.1, 0.15) is 11.5 Å². The second-order valence-electron chi connectivity index (χ2n) is 4.70. The van der Waals surface area contributed by atoms with E-state index in [0.717, 1.165) is 5.56 Å². The molecule has 0 saturated carbocycles. The molecule has 2 rings (SSSR count). The summed E-state index contributed by atoms with van der Waals surface area (Å²) in [6.45, 7) is 0. The van der Waals surface area contributed by atoms with E-state index in [1.165, 1.54) is 11.0 Å². The highest BCUT2D eigenvalue weighted by molar-refractivity contribution is 7.98. The lowest BCUT2D eigenvalue weighted by molar-refractivity contribution is -0.111. The third-order valence-corrected chi connectivity index (χ3v) is 3.91. The molecule has 0 aliphatic rings. The molecule has 1 amide bonds. The molecule has 2 aromatic rings. The molecule has 0 saturated heterocycles. The first-order valence-corrected chi connectivity index (χ1v) is 8.23. The van der Waals surface area contributed by atoms with Crippen LogP contribution in [0, 0.1) is 0 Å². The maximum atomic E-state index is 12.0. The number of nitrogens with one attached hydrogen (secondary N) is 1. The van der Waals surface area contributed by atoms with E-state index in [0.29, 0.717) is 17.2 Å². The van der Waals surface area contributed by atoms with Crippen molar-refractivity contribution in [2.45, 2.75) is 4.90 Å². The van der Waals surface area contributed by atoms with E-state index in [4.69, 9.17) is 9.47 Å². The van der Waals surface area contributed by atoms with Crippen LogP contribution in [0.1, 0.15) is 5.56 Å². The number of hydrogen-bond donors (Lipinski definition) is 1. The highest BCUT2D eigenvalue weighted by atomic mass is 32.2. The lowest BCUT2D eigenvalue weighted by Gasteiger charge is -2.08. The Morgan fingerprint density at radius 1 is 1.04 bits per heavy atom. The molecule has 0 unspecified atom stereocenters. The van der Waals surface area contributed by atoms with Crippen LogP contribution in [0.25, 0.3) is 6.08 Å². The fourth-order valence-electron chi connectivity index (χ4n) is 1.95. The summed E-state index contributed by atoms with van der Waals surface area (Å²) in [4.78, 5) is 13.2. The van der Waals surface area contributed by atoms with Crippen LogP contribution in [-0.2, 0) is 4.79 Å². The summed E-state index contributed by atoms with van der Waals surface area (Å²) >= 11 is 1.68. The van der Waals surface area contributed by atoms with Gasteiger partial charge in [-0.2, -0.15) is 0 Å². The molecule has 0 spiro atoms. The molecule has 0 fully saturated rings. The van der Waals surface area contributed by atoms with Crippen LogP contribution in [0.5, 0.6) is 11.5 Å². The molecule has 4 nitrogen and oxygen atoms in total. The number of rotatable bonds is 6. The van der Waals surface area contributed by atoms with Gasteiger partial charge in [0.2, 0.25) is 5.91 Å². The molecule has 1 N–H and O–H groups in total. The average Bonchev–Trinajstić information content (AvgIpc) is 2.60. The molecule has 2 aromatic carbocycles. The Kier molecular flexibility index (Phi) is 6.11. The van der Waals surface area contributed by atoms with Crippen LogP contribution >= 0.6 is 11.8 Å². The summed E-state index contributed by atoms with van der Waals surface area (Å²) in [7, 11) is 3.14. The summed E-state index contributed by atoms with van der Waals surface area (Å²) in [5.41, 5.74) is 1.59. The number of carbonyl (C=O) groups is 1. The van der Waals surface area contributed by atoms with Gasteiger partial charge in [-0.25, -0.2) is 0 Å². The van der Waals surface area contributed by atoms with Gasteiger partial charge in [-0.05, 0) is 30.0 Å². The van der Waals surface area contributed by atoms with Gasteiger partial charge in [0.25, 0.3) is 0 Å². The van der Waals surface area contributed by atoms with Gasteiger partial charge in [-0.15, -0.1) is 11.8 Å². The number of ether oxygens (including phenoxy) is 2. The van der Waals surface area contributed by atoms with E-state index in [1.54, 1.807) is 50.3 Å². The number of carbonyl (C=O) groups excluding carboxylic acids is 1. The molecule has 23 heavy (non-hydrogen) atoms. The zero-order valence-electron chi connectivity index (χ0n) is 13.3. The average molecular weight is 329 g/mol. The van der Waals surface area contributed by atoms with Crippen molar-refractivity contribution in [3.63, 3.8) is 0 Å². The smallest absolute Gasteiger partial charge is 0.248 e. The second-order valence-corrected chi connectivity index (χ2v) is 5.58. The van der Waals surface area contributed by atoms with Crippen LogP contribution in [0.3, 0.4) is 0 Å². The lowest BCUT2D eigenvalue weighted by atomic mass is 10.2. The molecule has 0 aliphatic heterocycles. The van der Waals surface area contributed by atoms with E-state index in [2.05, 4.69) is 5.32 Å². The zero-order chi connectivity index (χ0) is 16.7. The van der Waals surface area contributed by atoms with Crippen LogP contribution in [-0.4, -0.2) is 26.4 Å². The molecule has 0 atom stereocenters. The first kappa shape index (κ1) is 17.0. The summed E-state index contributed by atoms with van der Waals surface area (Å²) in [5, 5.41) is 2.79.